The third kappa shape index (κ3) is 2.75. The van der Waals surface area contributed by atoms with E-state index >= 15 is 0 Å². The SMILES string of the molecule is Cc1cc(NC2CCNCC2)c(C#N)c(C)n1. The van der Waals surface area contributed by atoms with E-state index in [2.05, 4.69) is 21.7 Å². The van der Waals surface area contributed by atoms with Gasteiger partial charge in [0.2, 0.25) is 0 Å². The summed E-state index contributed by atoms with van der Waals surface area (Å²) in [6, 6.07) is 4.67. The van der Waals surface area contributed by atoms with Crippen LogP contribution in [0.25, 0.3) is 0 Å². The molecule has 4 heteroatoms. The molecule has 0 amide bonds. The van der Waals surface area contributed by atoms with Crippen LogP contribution >= 0.6 is 0 Å². The quantitative estimate of drug-likeness (QED) is 0.812. The number of aromatic nitrogens is 1. The van der Waals surface area contributed by atoms with E-state index in [1.54, 1.807) is 0 Å². The lowest BCUT2D eigenvalue weighted by Crippen LogP contribution is -2.35. The summed E-state index contributed by atoms with van der Waals surface area (Å²) in [6.45, 7) is 5.94. The lowest BCUT2D eigenvalue weighted by molar-refractivity contribution is 0.479. The van der Waals surface area contributed by atoms with Crippen LogP contribution in [0, 0.1) is 25.2 Å². The summed E-state index contributed by atoms with van der Waals surface area (Å²) in [5, 5.41) is 16.0. The first kappa shape index (κ1) is 11.9. The molecule has 17 heavy (non-hydrogen) atoms. The summed E-state index contributed by atoms with van der Waals surface area (Å²) in [4.78, 5) is 4.32. The molecule has 2 rings (SSSR count). The van der Waals surface area contributed by atoms with Crippen molar-refractivity contribution in [1.82, 2.24) is 10.3 Å². The average molecular weight is 230 g/mol. The number of hydrogen-bond acceptors (Lipinski definition) is 4. The predicted molar refractivity (Wildman–Crippen MR) is 67.9 cm³/mol. The van der Waals surface area contributed by atoms with Gasteiger partial charge in [-0.3, -0.25) is 4.98 Å². The molecule has 1 aromatic rings. The van der Waals surface area contributed by atoms with Crippen LogP contribution in [-0.2, 0) is 0 Å². The fraction of sp³-hybridized carbons (Fsp3) is 0.538. The van der Waals surface area contributed by atoms with Crippen LogP contribution in [0.5, 0.6) is 0 Å². The molecule has 2 heterocycles. The zero-order valence-electron chi connectivity index (χ0n) is 10.4. The Morgan fingerprint density at radius 3 is 2.76 bits per heavy atom. The summed E-state index contributed by atoms with van der Waals surface area (Å²) in [5.41, 5.74) is 3.38. The minimum absolute atomic E-state index is 0.463. The van der Waals surface area contributed by atoms with E-state index in [9.17, 15) is 5.26 Å². The fourth-order valence-electron chi connectivity index (χ4n) is 2.27. The van der Waals surface area contributed by atoms with Gasteiger partial charge < -0.3 is 10.6 Å². The Morgan fingerprint density at radius 1 is 1.41 bits per heavy atom. The first-order valence-electron chi connectivity index (χ1n) is 6.06. The number of piperidine rings is 1. The number of nitriles is 1. The Morgan fingerprint density at radius 2 is 2.12 bits per heavy atom. The second kappa shape index (κ2) is 5.15. The summed E-state index contributed by atoms with van der Waals surface area (Å²) in [6.07, 6.45) is 2.20. The zero-order valence-corrected chi connectivity index (χ0v) is 10.4. The summed E-state index contributed by atoms with van der Waals surface area (Å²) < 4.78 is 0. The molecule has 0 spiro atoms. The van der Waals surface area contributed by atoms with Gasteiger partial charge >= 0.3 is 0 Å². The van der Waals surface area contributed by atoms with Crippen LogP contribution in [0.4, 0.5) is 5.69 Å². The molecule has 0 atom stereocenters. The van der Waals surface area contributed by atoms with E-state index in [4.69, 9.17) is 0 Å². The molecule has 0 unspecified atom stereocenters. The molecular weight excluding hydrogens is 212 g/mol. The Balaban J connectivity index is 2.22. The van der Waals surface area contributed by atoms with Crippen LogP contribution in [0.2, 0.25) is 0 Å². The second-order valence-electron chi connectivity index (χ2n) is 4.55. The minimum Gasteiger partial charge on any atom is -0.381 e. The lowest BCUT2D eigenvalue weighted by Gasteiger charge is -2.25. The van der Waals surface area contributed by atoms with E-state index < -0.39 is 0 Å². The largest absolute Gasteiger partial charge is 0.381 e. The van der Waals surface area contributed by atoms with E-state index in [0.717, 1.165) is 43.0 Å². The molecular formula is C13H18N4. The van der Waals surface area contributed by atoms with Gasteiger partial charge in [-0.2, -0.15) is 5.26 Å². The highest BCUT2D eigenvalue weighted by Gasteiger charge is 2.15. The van der Waals surface area contributed by atoms with Crippen molar-refractivity contribution < 1.29 is 0 Å². The topological polar surface area (TPSA) is 60.7 Å². The van der Waals surface area contributed by atoms with Gasteiger partial charge in [-0.15, -0.1) is 0 Å². The van der Waals surface area contributed by atoms with Crippen LogP contribution in [0.15, 0.2) is 6.07 Å². The molecule has 4 nitrogen and oxygen atoms in total. The van der Waals surface area contributed by atoms with Crippen molar-refractivity contribution in [2.75, 3.05) is 18.4 Å². The maximum Gasteiger partial charge on any atom is 0.103 e. The van der Waals surface area contributed by atoms with Gasteiger partial charge in [0, 0.05) is 11.7 Å². The van der Waals surface area contributed by atoms with E-state index in [0.29, 0.717) is 11.6 Å². The number of nitrogens with zero attached hydrogens (tertiary/aromatic N) is 2. The maximum absolute atomic E-state index is 9.18. The summed E-state index contributed by atoms with van der Waals surface area (Å²) >= 11 is 0. The van der Waals surface area contributed by atoms with Gasteiger partial charge in [-0.05, 0) is 45.8 Å². The first-order valence-corrected chi connectivity index (χ1v) is 6.06. The molecule has 1 aliphatic rings. The highest BCUT2D eigenvalue weighted by molar-refractivity contribution is 5.60. The Kier molecular flexibility index (Phi) is 3.60. The molecule has 0 aliphatic carbocycles. The molecule has 2 N–H and O–H groups in total. The van der Waals surface area contributed by atoms with Gasteiger partial charge in [0.15, 0.2) is 0 Å². The van der Waals surface area contributed by atoms with Crippen LogP contribution in [0.3, 0.4) is 0 Å². The van der Waals surface area contributed by atoms with Gasteiger partial charge in [0.05, 0.1) is 16.9 Å². The van der Waals surface area contributed by atoms with Crippen molar-refractivity contribution in [3.63, 3.8) is 0 Å². The molecule has 0 aromatic carbocycles. The van der Waals surface area contributed by atoms with Crippen molar-refractivity contribution in [2.24, 2.45) is 0 Å². The number of pyridine rings is 1. The Labute approximate surface area is 102 Å². The average Bonchev–Trinajstić information content (AvgIpc) is 2.30. The van der Waals surface area contributed by atoms with Crippen LogP contribution < -0.4 is 10.6 Å². The molecule has 0 radical (unpaired) electrons. The highest BCUT2D eigenvalue weighted by Crippen LogP contribution is 2.21. The van der Waals surface area contributed by atoms with E-state index in [1.165, 1.54) is 0 Å². The number of anilines is 1. The van der Waals surface area contributed by atoms with Crippen LogP contribution in [0.1, 0.15) is 29.8 Å². The maximum atomic E-state index is 9.18. The minimum atomic E-state index is 0.463. The number of hydrogen-bond donors (Lipinski definition) is 2. The summed E-state index contributed by atoms with van der Waals surface area (Å²) in [7, 11) is 0. The molecule has 1 fully saturated rings. The lowest BCUT2D eigenvalue weighted by atomic mass is 10.0. The third-order valence-corrected chi connectivity index (χ3v) is 3.14. The van der Waals surface area contributed by atoms with Gasteiger partial charge in [-0.1, -0.05) is 0 Å². The first-order chi connectivity index (χ1) is 8.20. The number of aryl methyl sites for hydroxylation is 2. The molecule has 90 valence electrons. The number of nitrogens with one attached hydrogen (secondary N) is 2. The Hall–Kier alpha value is -1.60. The summed E-state index contributed by atoms with van der Waals surface area (Å²) in [5.74, 6) is 0. The Bertz CT molecular complexity index is 441. The van der Waals surface area contributed by atoms with E-state index in [1.807, 2.05) is 19.9 Å². The van der Waals surface area contributed by atoms with E-state index in [-0.39, 0.29) is 0 Å². The molecule has 1 saturated heterocycles. The zero-order chi connectivity index (χ0) is 12.3. The van der Waals surface area contributed by atoms with Crippen molar-refractivity contribution in [3.8, 4) is 6.07 Å². The predicted octanol–water partition coefficient (Wildman–Crippen LogP) is 1.73. The van der Waals surface area contributed by atoms with Gasteiger partial charge in [0.1, 0.15) is 6.07 Å². The molecule has 1 aliphatic heterocycles. The highest BCUT2D eigenvalue weighted by atomic mass is 15.0. The second-order valence-corrected chi connectivity index (χ2v) is 4.55. The van der Waals surface area contributed by atoms with Gasteiger partial charge in [-0.25, -0.2) is 0 Å². The molecule has 1 aromatic heterocycles. The normalized spacial score (nSPS) is 16.5. The monoisotopic (exact) mass is 230 g/mol. The van der Waals surface area contributed by atoms with Crippen molar-refractivity contribution >= 4 is 5.69 Å². The van der Waals surface area contributed by atoms with Gasteiger partial charge in [0.25, 0.3) is 0 Å². The van der Waals surface area contributed by atoms with Crippen molar-refractivity contribution in [2.45, 2.75) is 32.7 Å². The smallest absolute Gasteiger partial charge is 0.103 e. The van der Waals surface area contributed by atoms with Crippen LogP contribution in [-0.4, -0.2) is 24.1 Å². The third-order valence-electron chi connectivity index (χ3n) is 3.14. The fourth-order valence-corrected chi connectivity index (χ4v) is 2.27. The molecule has 0 saturated carbocycles. The van der Waals surface area contributed by atoms with Crippen molar-refractivity contribution in [3.05, 3.63) is 23.0 Å². The molecule has 0 bridgehead atoms. The van der Waals surface area contributed by atoms with Crippen molar-refractivity contribution in [1.29, 1.82) is 5.26 Å². The number of rotatable bonds is 2. The standard InChI is InChI=1S/C13H18N4/c1-9-7-13(12(8-14)10(2)16-9)17-11-3-5-15-6-4-11/h7,11,15H,3-6H2,1-2H3,(H,16,17).